The maximum atomic E-state index is 13.3. The van der Waals surface area contributed by atoms with Crippen LogP contribution in [0.25, 0.3) is 6.08 Å². The minimum absolute atomic E-state index is 0.104. The Morgan fingerprint density at radius 1 is 1.06 bits per heavy atom. The van der Waals surface area contributed by atoms with Crippen LogP contribution >= 0.6 is 0 Å². The number of carbonyl (C=O) groups is 3. The molecule has 4 rings (SSSR count). The number of anilines is 1. The van der Waals surface area contributed by atoms with Gasteiger partial charge in [-0.25, -0.2) is 4.99 Å². The Morgan fingerprint density at radius 2 is 1.78 bits per heavy atom. The number of aliphatic imine (C=N–C) groups is 1. The summed E-state index contributed by atoms with van der Waals surface area (Å²) < 4.78 is 5.62. The third-order valence-corrected chi connectivity index (χ3v) is 5.15. The van der Waals surface area contributed by atoms with Gasteiger partial charge >= 0.3 is 0 Å². The van der Waals surface area contributed by atoms with Crippen molar-refractivity contribution in [2.75, 3.05) is 11.9 Å². The number of aromatic hydroxyl groups is 1. The van der Waals surface area contributed by atoms with E-state index in [1.54, 1.807) is 61.5 Å². The van der Waals surface area contributed by atoms with E-state index >= 15 is 0 Å². The number of benzene rings is 3. The predicted molar refractivity (Wildman–Crippen MR) is 135 cm³/mol. The highest BCUT2D eigenvalue weighted by Gasteiger charge is 2.33. The Labute approximate surface area is 207 Å². The molecule has 1 heterocycles. The molecule has 0 bridgehead atoms. The monoisotopic (exact) mass is 484 g/mol. The summed E-state index contributed by atoms with van der Waals surface area (Å²) in [6.07, 6.45) is 1.57. The maximum Gasteiger partial charge on any atom is 0.297 e. The van der Waals surface area contributed by atoms with Gasteiger partial charge < -0.3 is 15.2 Å². The average molecular weight is 485 g/mol. The second-order valence-electron chi connectivity index (χ2n) is 7.83. The Hall–Kier alpha value is -4.92. The third-order valence-electron chi connectivity index (χ3n) is 5.15. The van der Waals surface area contributed by atoms with E-state index in [2.05, 4.69) is 15.7 Å². The van der Waals surface area contributed by atoms with E-state index < -0.39 is 11.8 Å². The van der Waals surface area contributed by atoms with E-state index in [0.717, 1.165) is 5.01 Å². The highest BCUT2D eigenvalue weighted by Crippen LogP contribution is 2.26. The second kappa shape index (κ2) is 10.6. The third kappa shape index (κ3) is 5.41. The molecule has 0 saturated carbocycles. The molecule has 0 saturated heterocycles. The van der Waals surface area contributed by atoms with Crippen LogP contribution in [0.3, 0.4) is 0 Å². The number of amidine groups is 1. The molecule has 9 nitrogen and oxygen atoms in total. The van der Waals surface area contributed by atoms with Crippen LogP contribution in [0.2, 0.25) is 0 Å². The van der Waals surface area contributed by atoms with Crippen molar-refractivity contribution in [3.05, 3.63) is 95.2 Å². The molecule has 1 aliphatic rings. The predicted octanol–water partition coefficient (Wildman–Crippen LogP) is 3.72. The highest BCUT2D eigenvalue weighted by atomic mass is 16.5. The Morgan fingerprint density at radius 3 is 2.44 bits per heavy atom. The van der Waals surface area contributed by atoms with E-state index in [1.807, 2.05) is 6.07 Å². The molecule has 3 N–H and O–H groups in total. The summed E-state index contributed by atoms with van der Waals surface area (Å²) in [5.41, 5.74) is 4.71. The number of nitrogens with one attached hydrogen (secondary N) is 2. The summed E-state index contributed by atoms with van der Waals surface area (Å²) in [6, 6.07) is 20.0. The molecule has 36 heavy (non-hydrogen) atoms. The number of carbonyl (C=O) groups excluding carboxylic acids is 3. The zero-order valence-electron chi connectivity index (χ0n) is 19.7. The number of rotatable bonds is 7. The molecule has 0 fully saturated rings. The first kappa shape index (κ1) is 24.2. The normalized spacial score (nSPS) is 13.9. The molecule has 0 radical (unpaired) electrons. The van der Waals surface area contributed by atoms with E-state index in [0.29, 0.717) is 23.4 Å². The molecule has 0 spiro atoms. The first-order chi connectivity index (χ1) is 17.4. The van der Waals surface area contributed by atoms with Crippen LogP contribution in [0, 0.1) is 0 Å². The van der Waals surface area contributed by atoms with Crippen molar-refractivity contribution in [3.63, 3.8) is 0 Å². The molecule has 3 amide bonds. The van der Waals surface area contributed by atoms with Crippen LogP contribution in [0.5, 0.6) is 11.5 Å². The minimum atomic E-state index is -0.587. The SMILES string of the molecule is CCOc1cc(NC(C)=O)ccc1C(=O)NN1C(=O)/C(=C/c2ccc(O)cc2)N=C1c1ccccc1. The van der Waals surface area contributed by atoms with Gasteiger partial charge in [0.2, 0.25) is 5.91 Å². The summed E-state index contributed by atoms with van der Waals surface area (Å²) in [6.45, 7) is 3.45. The number of hydrogen-bond acceptors (Lipinski definition) is 6. The van der Waals surface area contributed by atoms with E-state index in [4.69, 9.17) is 4.74 Å². The number of hydrazine groups is 1. The average Bonchev–Trinajstić information content (AvgIpc) is 3.16. The van der Waals surface area contributed by atoms with Crippen molar-refractivity contribution in [3.8, 4) is 11.5 Å². The molecule has 3 aromatic carbocycles. The fraction of sp³-hybridized carbons (Fsp3) is 0.111. The number of phenols is 1. The van der Waals surface area contributed by atoms with Crippen molar-refractivity contribution in [1.29, 1.82) is 0 Å². The molecule has 0 aromatic heterocycles. The molecular formula is C27H24N4O5. The highest BCUT2D eigenvalue weighted by molar-refractivity contribution is 6.20. The van der Waals surface area contributed by atoms with Gasteiger partial charge in [-0.15, -0.1) is 0 Å². The van der Waals surface area contributed by atoms with E-state index in [1.165, 1.54) is 25.1 Å². The van der Waals surface area contributed by atoms with Crippen LogP contribution in [-0.4, -0.2) is 40.3 Å². The van der Waals surface area contributed by atoms with Gasteiger partial charge in [-0.05, 0) is 42.8 Å². The molecule has 0 unspecified atom stereocenters. The lowest BCUT2D eigenvalue weighted by Gasteiger charge is -2.20. The number of nitrogens with zero attached hydrogens (tertiary/aromatic N) is 2. The van der Waals surface area contributed by atoms with Crippen molar-refractivity contribution < 1.29 is 24.2 Å². The standard InChI is InChI=1S/C27H24N4O5/c1-3-36-24-16-20(28-17(2)32)11-14-22(24)26(34)30-31-25(19-7-5-4-6-8-19)29-23(27(31)35)15-18-9-12-21(33)13-10-18/h4-16,33H,3H2,1-2H3,(H,28,32)(H,30,34)/b23-15-. The second-order valence-corrected chi connectivity index (χ2v) is 7.83. The first-order valence-corrected chi connectivity index (χ1v) is 11.2. The van der Waals surface area contributed by atoms with Gasteiger partial charge in [0.25, 0.3) is 11.8 Å². The maximum absolute atomic E-state index is 13.3. The lowest BCUT2D eigenvalue weighted by molar-refractivity contribution is -0.124. The van der Waals surface area contributed by atoms with Gasteiger partial charge in [-0.2, -0.15) is 5.01 Å². The Balaban J connectivity index is 1.67. The fourth-order valence-corrected chi connectivity index (χ4v) is 3.56. The summed E-state index contributed by atoms with van der Waals surface area (Å²) in [5, 5.41) is 13.3. The Bertz CT molecular complexity index is 1360. The van der Waals surface area contributed by atoms with Crippen LogP contribution in [0.4, 0.5) is 5.69 Å². The molecule has 1 aliphatic heterocycles. The number of phenolic OH excluding ortho intramolecular Hbond substituents is 1. The van der Waals surface area contributed by atoms with Crippen molar-refractivity contribution >= 4 is 35.3 Å². The zero-order chi connectivity index (χ0) is 25.7. The van der Waals surface area contributed by atoms with Crippen LogP contribution < -0.4 is 15.5 Å². The van der Waals surface area contributed by atoms with E-state index in [9.17, 15) is 19.5 Å². The summed E-state index contributed by atoms with van der Waals surface area (Å²) in [4.78, 5) is 42.5. The summed E-state index contributed by atoms with van der Waals surface area (Å²) >= 11 is 0. The molecule has 182 valence electrons. The van der Waals surface area contributed by atoms with Crippen molar-refractivity contribution in [2.45, 2.75) is 13.8 Å². The molecule has 0 atom stereocenters. The first-order valence-electron chi connectivity index (χ1n) is 11.2. The number of amides is 3. The molecule has 0 aliphatic carbocycles. The van der Waals surface area contributed by atoms with Gasteiger partial charge in [-0.1, -0.05) is 42.5 Å². The Kier molecular flexibility index (Phi) is 7.10. The van der Waals surface area contributed by atoms with Gasteiger partial charge in [0.15, 0.2) is 5.84 Å². The fourth-order valence-electron chi connectivity index (χ4n) is 3.56. The van der Waals surface area contributed by atoms with Gasteiger partial charge in [0.1, 0.15) is 17.2 Å². The summed E-state index contributed by atoms with van der Waals surface area (Å²) in [5.74, 6) is -0.752. The van der Waals surface area contributed by atoms with Crippen LogP contribution in [0.15, 0.2) is 83.5 Å². The van der Waals surface area contributed by atoms with Crippen molar-refractivity contribution in [2.24, 2.45) is 4.99 Å². The minimum Gasteiger partial charge on any atom is -0.508 e. The van der Waals surface area contributed by atoms with Gasteiger partial charge in [0.05, 0.1) is 12.2 Å². The molecular weight excluding hydrogens is 460 g/mol. The number of hydrogen-bond donors (Lipinski definition) is 3. The topological polar surface area (TPSA) is 120 Å². The van der Waals surface area contributed by atoms with Crippen LogP contribution in [-0.2, 0) is 9.59 Å². The van der Waals surface area contributed by atoms with Crippen molar-refractivity contribution in [1.82, 2.24) is 10.4 Å². The molecule has 3 aromatic rings. The lowest BCUT2D eigenvalue weighted by atomic mass is 10.1. The van der Waals surface area contributed by atoms with Crippen LogP contribution in [0.1, 0.15) is 35.3 Å². The lowest BCUT2D eigenvalue weighted by Crippen LogP contribution is -2.47. The number of ether oxygens (including phenoxy) is 1. The largest absolute Gasteiger partial charge is 0.508 e. The summed E-state index contributed by atoms with van der Waals surface area (Å²) in [7, 11) is 0. The zero-order valence-corrected chi connectivity index (χ0v) is 19.7. The smallest absolute Gasteiger partial charge is 0.297 e. The quantitative estimate of drug-likeness (QED) is 0.442. The van der Waals surface area contributed by atoms with Gasteiger partial charge in [0, 0.05) is 24.2 Å². The van der Waals surface area contributed by atoms with E-state index in [-0.39, 0.29) is 34.5 Å². The molecule has 9 heteroatoms. The van der Waals surface area contributed by atoms with Gasteiger partial charge in [-0.3, -0.25) is 19.8 Å².